The van der Waals surface area contributed by atoms with Gasteiger partial charge in [-0.3, -0.25) is 4.79 Å². The first-order chi connectivity index (χ1) is 9.56. The molecule has 2 rings (SSSR count). The first kappa shape index (κ1) is 14.1. The molecular weight excluding hydrogens is 258 g/mol. The summed E-state index contributed by atoms with van der Waals surface area (Å²) in [5.74, 6) is -0.165. The van der Waals surface area contributed by atoms with E-state index in [-0.39, 0.29) is 5.97 Å². The number of carbonyl (C=O) groups is 1. The Balaban J connectivity index is 2.55. The van der Waals surface area contributed by atoms with Crippen LogP contribution >= 0.6 is 0 Å². The Morgan fingerprint density at radius 1 is 1.40 bits per heavy atom. The van der Waals surface area contributed by atoms with E-state index in [2.05, 4.69) is 0 Å². The van der Waals surface area contributed by atoms with Gasteiger partial charge in [0.15, 0.2) is 12.4 Å². The van der Waals surface area contributed by atoms with Gasteiger partial charge in [0.2, 0.25) is 0 Å². The van der Waals surface area contributed by atoms with Crippen LogP contribution in [-0.2, 0) is 9.53 Å². The molecule has 1 atom stereocenters. The van der Waals surface area contributed by atoms with E-state index in [9.17, 15) is 10.0 Å². The number of pyridine rings is 1. The van der Waals surface area contributed by atoms with Crippen molar-refractivity contribution in [2.45, 2.75) is 19.8 Å². The van der Waals surface area contributed by atoms with Gasteiger partial charge in [-0.15, -0.1) is 0 Å². The number of aromatic nitrogens is 1. The summed E-state index contributed by atoms with van der Waals surface area (Å²) >= 11 is 0. The Morgan fingerprint density at radius 3 is 2.80 bits per heavy atom. The summed E-state index contributed by atoms with van der Waals surface area (Å²) in [7, 11) is 1.57. The van der Waals surface area contributed by atoms with Crippen LogP contribution in [0.25, 0.3) is 10.8 Å². The highest BCUT2D eigenvalue weighted by Crippen LogP contribution is 2.27. The van der Waals surface area contributed by atoms with Crippen molar-refractivity contribution in [3.8, 4) is 5.75 Å². The maximum Gasteiger partial charge on any atom is 0.313 e. The quantitative estimate of drug-likeness (QED) is 0.487. The molecule has 2 aromatic rings. The standard InChI is InChI=1S/C15H17NO4/c1-4-20-15(17)10(2)14-9-16(18)8-11-7-12(19-3)5-6-13(11)14/h5-10H,4H2,1-3H3. The minimum absolute atomic E-state index is 0.319. The van der Waals surface area contributed by atoms with Crippen molar-refractivity contribution in [3.05, 3.63) is 41.4 Å². The second-order valence-electron chi connectivity index (χ2n) is 4.50. The van der Waals surface area contributed by atoms with E-state index < -0.39 is 5.92 Å². The summed E-state index contributed by atoms with van der Waals surface area (Å²) in [6.45, 7) is 3.81. The molecule has 0 amide bonds. The van der Waals surface area contributed by atoms with Crippen LogP contribution in [-0.4, -0.2) is 19.7 Å². The number of nitrogens with zero attached hydrogens (tertiary/aromatic N) is 1. The Morgan fingerprint density at radius 2 is 2.15 bits per heavy atom. The molecule has 0 N–H and O–H groups in total. The summed E-state index contributed by atoms with van der Waals surface area (Å²) in [4.78, 5) is 11.9. The smallest absolute Gasteiger partial charge is 0.313 e. The maximum absolute atomic E-state index is 11.9. The van der Waals surface area contributed by atoms with E-state index in [4.69, 9.17) is 9.47 Å². The molecule has 0 radical (unpaired) electrons. The number of hydrogen-bond acceptors (Lipinski definition) is 4. The summed E-state index contributed by atoms with van der Waals surface area (Å²) in [5, 5.41) is 13.3. The van der Waals surface area contributed by atoms with Crippen molar-refractivity contribution in [1.82, 2.24) is 0 Å². The van der Waals surface area contributed by atoms with E-state index in [1.165, 1.54) is 12.4 Å². The topological polar surface area (TPSA) is 62.5 Å². The van der Waals surface area contributed by atoms with Crippen LogP contribution in [0.4, 0.5) is 0 Å². The summed E-state index contributed by atoms with van der Waals surface area (Å²) < 4.78 is 10.9. The number of rotatable bonds is 4. The Kier molecular flexibility index (Phi) is 4.08. The predicted molar refractivity (Wildman–Crippen MR) is 74.5 cm³/mol. The molecular formula is C15H17NO4. The number of fused-ring (bicyclic) bond motifs is 1. The Bertz CT molecular complexity index is 639. The Labute approximate surface area is 117 Å². The normalized spacial score (nSPS) is 12.2. The van der Waals surface area contributed by atoms with Crippen LogP contribution in [0.3, 0.4) is 0 Å². The fraction of sp³-hybridized carbons (Fsp3) is 0.333. The average molecular weight is 275 g/mol. The molecule has 0 bridgehead atoms. The zero-order valence-electron chi connectivity index (χ0n) is 11.8. The molecule has 106 valence electrons. The van der Waals surface area contributed by atoms with Crippen molar-refractivity contribution in [2.24, 2.45) is 0 Å². The third-order valence-electron chi connectivity index (χ3n) is 3.21. The SMILES string of the molecule is CCOC(=O)C(C)c1c[n+]([O-])cc2cc(OC)ccc12. The monoisotopic (exact) mass is 275 g/mol. The van der Waals surface area contributed by atoms with E-state index >= 15 is 0 Å². The minimum Gasteiger partial charge on any atom is -0.619 e. The van der Waals surface area contributed by atoms with Gasteiger partial charge in [-0.05, 0) is 37.4 Å². The van der Waals surface area contributed by atoms with Crippen molar-refractivity contribution >= 4 is 16.7 Å². The highest BCUT2D eigenvalue weighted by atomic mass is 16.5. The van der Waals surface area contributed by atoms with Crippen LogP contribution in [0.2, 0.25) is 0 Å². The molecule has 1 unspecified atom stereocenters. The zero-order chi connectivity index (χ0) is 14.7. The maximum atomic E-state index is 11.9. The zero-order valence-corrected chi connectivity index (χ0v) is 11.8. The van der Waals surface area contributed by atoms with Crippen molar-refractivity contribution in [1.29, 1.82) is 0 Å². The molecule has 1 aromatic heterocycles. The van der Waals surface area contributed by atoms with Crippen LogP contribution in [0.5, 0.6) is 5.75 Å². The Hall–Kier alpha value is -2.30. The van der Waals surface area contributed by atoms with Gasteiger partial charge in [-0.2, -0.15) is 4.73 Å². The van der Waals surface area contributed by atoms with Crippen LogP contribution in [0, 0.1) is 5.21 Å². The van der Waals surface area contributed by atoms with E-state index in [1.54, 1.807) is 33.1 Å². The summed E-state index contributed by atoms with van der Waals surface area (Å²) in [6, 6.07) is 5.42. The molecule has 5 nitrogen and oxygen atoms in total. The van der Waals surface area contributed by atoms with E-state index in [0.717, 1.165) is 10.8 Å². The van der Waals surface area contributed by atoms with Crippen LogP contribution < -0.4 is 9.47 Å². The number of ether oxygens (including phenoxy) is 2. The summed E-state index contributed by atoms with van der Waals surface area (Å²) in [6.07, 6.45) is 2.87. The lowest BCUT2D eigenvalue weighted by molar-refractivity contribution is -0.604. The third-order valence-corrected chi connectivity index (χ3v) is 3.21. The fourth-order valence-corrected chi connectivity index (χ4v) is 2.16. The lowest BCUT2D eigenvalue weighted by Crippen LogP contribution is -2.27. The number of carbonyl (C=O) groups excluding carboxylic acids is 1. The molecule has 20 heavy (non-hydrogen) atoms. The van der Waals surface area contributed by atoms with Gasteiger partial charge >= 0.3 is 5.97 Å². The third kappa shape index (κ3) is 2.66. The molecule has 0 aliphatic carbocycles. The van der Waals surface area contributed by atoms with Gasteiger partial charge in [0, 0.05) is 5.56 Å². The predicted octanol–water partition coefficient (Wildman–Crippen LogP) is 2.15. The van der Waals surface area contributed by atoms with Crippen molar-refractivity contribution in [3.63, 3.8) is 0 Å². The molecule has 1 aromatic carbocycles. The van der Waals surface area contributed by atoms with E-state index in [1.807, 2.05) is 6.07 Å². The minimum atomic E-state index is -0.493. The average Bonchev–Trinajstić information content (AvgIpc) is 2.45. The van der Waals surface area contributed by atoms with Crippen LogP contribution in [0.15, 0.2) is 30.6 Å². The van der Waals surface area contributed by atoms with Gasteiger partial charge < -0.3 is 14.7 Å². The number of esters is 1. The summed E-state index contributed by atoms with van der Waals surface area (Å²) in [5.41, 5.74) is 0.651. The molecule has 0 aliphatic rings. The number of hydrogen-bond donors (Lipinski definition) is 0. The molecule has 0 saturated carbocycles. The van der Waals surface area contributed by atoms with Crippen LogP contribution in [0.1, 0.15) is 25.3 Å². The fourth-order valence-electron chi connectivity index (χ4n) is 2.16. The molecule has 0 saturated heterocycles. The first-order valence-corrected chi connectivity index (χ1v) is 6.44. The molecule has 1 heterocycles. The molecule has 0 spiro atoms. The second kappa shape index (κ2) is 5.77. The van der Waals surface area contributed by atoms with Gasteiger partial charge in [0.05, 0.1) is 25.0 Å². The second-order valence-corrected chi connectivity index (χ2v) is 4.50. The number of methoxy groups -OCH3 is 1. The highest BCUT2D eigenvalue weighted by molar-refractivity contribution is 5.90. The van der Waals surface area contributed by atoms with Crippen molar-refractivity contribution in [2.75, 3.05) is 13.7 Å². The van der Waals surface area contributed by atoms with Gasteiger partial charge in [-0.25, -0.2) is 0 Å². The molecule has 5 heteroatoms. The van der Waals surface area contributed by atoms with E-state index in [0.29, 0.717) is 22.7 Å². The largest absolute Gasteiger partial charge is 0.619 e. The molecule has 0 fully saturated rings. The van der Waals surface area contributed by atoms with Gasteiger partial charge in [0.1, 0.15) is 5.75 Å². The van der Waals surface area contributed by atoms with Gasteiger partial charge in [0.25, 0.3) is 0 Å². The van der Waals surface area contributed by atoms with Crippen molar-refractivity contribution < 1.29 is 19.0 Å². The van der Waals surface area contributed by atoms with Gasteiger partial charge in [-0.1, -0.05) is 0 Å². The number of benzene rings is 1. The molecule has 0 aliphatic heterocycles. The first-order valence-electron chi connectivity index (χ1n) is 6.44. The lowest BCUT2D eigenvalue weighted by atomic mass is 9.97. The highest BCUT2D eigenvalue weighted by Gasteiger charge is 2.22. The lowest BCUT2D eigenvalue weighted by Gasteiger charge is -2.13.